The Morgan fingerprint density at radius 2 is 1.71 bits per heavy atom. The maximum atomic E-state index is 5.82. The first-order valence-electron chi connectivity index (χ1n) is 11.4. The number of aryl methyl sites for hydroxylation is 2. The van der Waals surface area contributed by atoms with Gasteiger partial charge in [-0.1, -0.05) is 35.9 Å². The first-order valence-corrected chi connectivity index (χ1v) is 11.4. The highest BCUT2D eigenvalue weighted by Crippen LogP contribution is 2.11. The third-order valence-electron chi connectivity index (χ3n) is 5.41. The molecular formula is C25H36IN7O. The molecule has 1 aromatic heterocycles. The number of nitrogens with one attached hydrogen (secondary N) is 2. The number of hydrogen-bond donors (Lipinski definition) is 2. The van der Waals surface area contributed by atoms with Crippen molar-refractivity contribution in [3.63, 3.8) is 0 Å². The lowest BCUT2D eigenvalue weighted by atomic mass is 10.2. The van der Waals surface area contributed by atoms with E-state index in [0.717, 1.165) is 42.9 Å². The topological polar surface area (TPSA) is 79.6 Å². The van der Waals surface area contributed by atoms with Crippen molar-refractivity contribution in [2.45, 2.75) is 26.8 Å². The van der Waals surface area contributed by atoms with Crippen LogP contribution in [-0.4, -0.2) is 54.0 Å². The number of anilines is 1. The van der Waals surface area contributed by atoms with Crippen LogP contribution in [0.15, 0.2) is 59.6 Å². The smallest absolute Gasteiger partial charge is 0.191 e. The Morgan fingerprint density at radius 1 is 1.00 bits per heavy atom. The summed E-state index contributed by atoms with van der Waals surface area (Å²) in [5.74, 6) is 3.31. The molecule has 9 heteroatoms. The van der Waals surface area contributed by atoms with E-state index in [0.29, 0.717) is 19.7 Å². The quantitative estimate of drug-likeness (QED) is 0.157. The van der Waals surface area contributed by atoms with Gasteiger partial charge >= 0.3 is 0 Å². The van der Waals surface area contributed by atoms with Gasteiger partial charge in [0.2, 0.25) is 0 Å². The number of benzene rings is 2. The van der Waals surface area contributed by atoms with Gasteiger partial charge in [0.1, 0.15) is 24.7 Å². The Labute approximate surface area is 219 Å². The standard InChI is InChI=1S/C25H35N7O.HI/c1-20-11-13-23(14-12-20)33-18-16-27-25(28-19-24-30-29-21(2)32(24)4)26-15-8-17-31(3)22-9-6-5-7-10-22;/h5-7,9-14H,8,15-19H2,1-4H3,(H2,26,27,28);1H. The third-order valence-corrected chi connectivity index (χ3v) is 5.41. The van der Waals surface area contributed by atoms with Crippen LogP contribution < -0.4 is 20.3 Å². The summed E-state index contributed by atoms with van der Waals surface area (Å²) in [6.07, 6.45) is 0.981. The molecule has 1 heterocycles. The molecule has 2 N–H and O–H groups in total. The van der Waals surface area contributed by atoms with Gasteiger partial charge in [0.25, 0.3) is 0 Å². The van der Waals surface area contributed by atoms with E-state index in [2.05, 4.69) is 64.0 Å². The predicted molar refractivity (Wildman–Crippen MR) is 149 cm³/mol. The van der Waals surface area contributed by atoms with E-state index in [-0.39, 0.29) is 24.0 Å². The summed E-state index contributed by atoms with van der Waals surface area (Å²) in [5, 5.41) is 15.1. The summed E-state index contributed by atoms with van der Waals surface area (Å²) in [6.45, 7) is 7.39. The van der Waals surface area contributed by atoms with Crippen LogP contribution in [0, 0.1) is 13.8 Å². The summed E-state index contributed by atoms with van der Waals surface area (Å²) in [6, 6.07) is 18.5. The molecule has 34 heavy (non-hydrogen) atoms. The van der Waals surface area contributed by atoms with E-state index >= 15 is 0 Å². The predicted octanol–water partition coefficient (Wildman–Crippen LogP) is 3.69. The monoisotopic (exact) mass is 577 g/mol. The SMILES string of the molecule is Cc1ccc(OCCNC(=NCc2nnc(C)n2C)NCCCN(C)c2ccccc2)cc1.I. The molecule has 0 saturated heterocycles. The summed E-state index contributed by atoms with van der Waals surface area (Å²) in [5.41, 5.74) is 2.44. The fraction of sp³-hybridized carbons (Fsp3) is 0.400. The van der Waals surface area contributed by atoms with Crippen molar-refractivity contribution in [2.24, 2.45) is 12.0 Å². The second-order valence-electron chi connectivity index (χ2n) is 8.01. The summed E-state index contributed by atoms with van der Waals surface area (Å²) < 4.78 is 7.78. The molecule has 0 bridgehead atoms. The maximum absolute atomic E-state index is 5.82. The van der Waals surface area contributed by atoms with Gasteiger partial charge in [-0.15, -0.1) is 34.2 Å². The molecule has 0 spiro atoms. The Hall–Kier alpha value is -2.82. The largest absolute Gasteiger partial charge is 0.492 e. The van der Waals surface area contributed by atoms with Gasteiger partial charge in [-0.05, 0) is 44.5 Å². The summed E-state index contributed by atoms with van der Waals surface area (Å²) in [7, 11) is 4.07. The zero-order valence-electron chi connectivity index (χ0n) is 20.5. The molecule has 0 radical (unpaired) electrons. The number of rotatable bonds is 11. The number of para-hydroxylation sites is 1. The number of halogens is 1. The summed E-state index contributed by atoms with van der Waals surface area (Å²) >= 11 is 0. The molecule has 0 amide bonds. The molecule has 3 aromatic rings. The minimum Gasteiger partial charge on any atom is -0.492 e. The lowest BCUT2D eigenvalue weighted by Gasteiger charge is -2.20. The fourth-order valence-electron chi connectivity index (χ4n) is 3.22. The average molecular weight is 578 g/mol. The fourth-order valence-corrected chi connectivity index (χ4v) is 3.22. The minimum absolute atomic E-state index is 0. The van der Waals surface area contributed by atoms with Gasteiger partial charge in [-0.3, -0.25) is 0 Å². The van der Waals surface area contributed by atoms with Crippen molar-refractivity contribution < 1.29 is 4.74 Å². The van der Waals surface area contributed by atoms with Gasteiger partial charge in [0.15, 0.2) is 11.8 Å². The number of hydrogen-bond acceptors (Lipinski definition) is 5. The van der Waals surface area contributed by atoms with Crippen LogP contribution >= 0.6 is 24.0 Å². The molecule has 3 rings (SSSR count). The molecule has 0 saturated carbocycles. The van der Waals surface area contributed by atoms with Crippen LogP contribution in [0.1, 0.15) is 23.6 Å². The number of aromatic nitrogens is 3. The molecule has 0 aliphatic rings. The second kappa shape index (κ2) is 14.4. The number of ether oxygens (including phenoxy) is 1. The molecule has 0 atom stereocenters. The highest BCUT2D eigenvalue weighted by atomic mass is 127. The molecule has 0 aliphatic carbocycles. The lowest BCUT2D eigenvalue weighted by molar-refractivity contribution is 0.322. The first-order chi connectivity index (χ1) is 16.0. The zero-order chi connectivity index (χ0) is 23.5. The molecule has 0 unspecified atom stereocenters. The minimum atomic E-state index is 0. The van der Waals surface area contributed by atoms with Crippen molar-refractivity contribution >= 4 is 35.6 Å². The van der Waals surface area contributed by atoms with Gasteiger partial charge in [-0.25, -0.2) is 4.99 Å². The highest BCUT2D eigenvalue weighted by molar-refractivity contribution is 14.0. The average Bonchev–Trinajstić information content (AvgIpc) is 3.16. The second-order valence-corrected chi connectivity index (χ2v) is 8.01. The van der Waals surface area contributed by atoms with Crippen LogP contribution in [0.4, 0.5) is 5.69 Å². The van der Waals surface area contributed by atoms with Crippen molar-refractivity contribution in [3.8, 4) is 5.75 Å². The Balaban J connectivity index is 0.00000408. The van der Waals surface area contributed by atoms with Gasteiger partial charge in [-0.2, -0.15) is 0 Å². The molecule has 184 valence electrons. The molecule has 0 aliphatic heterocycles. The van der Waals surface area contributed by atoms with E-state index < -0.39 is 0 Å². The van der Waals surface area contributed by atoms with Gasteiger partial charge < -0.3 is 24.8 Å². The molecule has 8 nitrogen and oxygen atoms in total. The molecule has 0 fully saturated rings. The Kier molecular flexibility index (Phi) is 11.7. The highest BCUT2D eigenvalue weighted by Gasteiger charge is 2.06. The van der Waals surface area contributed by atoms with Crippen LogP contribution in [0.2, 0.25) is 0 Å². The van der Waals surface area contributed by atoms with E-state index in [9.17, 15) is 0 Å². The van der Waals surface area contributed by atoms with E-state index in [1.54, 1.807) is 0 Å². The Bertz CT molecular complexity index is 1010. The number of aliphatic imine (C=N–C) groups is 1. The Morgan fingerprint density at radius 3 is 2.38 bits per heavy atom. The zero-order valence-corrected chi connectivity index (χ0v) is 22.8. The normalized spacial score (nSPS) is 11.0. The van der Waals surface area contributed by atoms with Crippen molar-refractivity contribution in [1.82, 2.24) is 25.4 Å². The number of guanidine groups is 1. The lowest BCUT2D eigenvalue weighted by Crippen LogP contribution is -2.40. The van der Waals surface area contributed by atoms with Gasteiger partial charge in [0, 0.05) is 32.9 Å². The first kappa shape index (κ1) is 27.4. The van der Waals surface area contributed by atoms with Crippen LogP contribution in [0.5, 0.6) is 5.75 Å². The van der Waals surface area contributed by atoms with E-state index in [1.807, 2.05) is 48.9 Å². The van der Waals surface area contributed by atoms with Crippen LogP contribution in [-0.2, 0) is 13.6 Å². The maximum Gasteiger partial charge on any atom is 0.191 e. The van der Waals surface area contributed by atoms with E-state index in [4.69, 9.17) is 9.73 Å². The van der Waals surface area contributed by atoms with Crippen LogP contribution in [0.3, 0.4) is 0 Å². The van der Waals surface area contributed by atoms with E-state index in [1.165, 1.54) is 11.3 Å². The van der Waals surface area contributed by atoms with Gasteiger partial charge in [0.05, 0.1) is 6.54 Å². The number of nitrogens with zero attached hydrogens (tertiary/aromatic N) is 5. The van der Waals surface area contributed by atoms with Crippen molar-refractivity contribution in [2.75, 3.05) is 38.2 Å². The molecular weight excluding hydrogens is 541 g/mol. The summed E-state index contributed by atoms with van der Waals surface area (Å²) in [4.78, 5) is 6.95. The van der Waals surface area contributed by atoms with Crippen LogP contribution in [0.25, 0.3) is 0 Å². The van der Waals surface area contributed by atoms with Crippen molar-refractivity contribution in [1.29, 1.82) is 0 Å². The van der Waals surface area contributed by atoms with Crippen molar-refractivity contribution in [3.05, 3.63) is 71.8 Å². The molecule has 2 aromatic carbocycles. The third kappa shape index (κ3) is 8.85.